The first-order valence-electron chi connectivity index (χ1n) is 11.1. The molecule has 0 radical (unpaired) electrons. The Morgan fingerprint density at radius 2 is 2.08 bits per heavy atom. The van der Waals surface area contributed by atoms with Gasteiger partial charge < -0.3 is 20.1 Å². The lowest BCUT2D eigenvalue weighted by atomic mass is 10.1. The van der Waals surface area contributed by atoms with E-state index >= 15 is 0 Å². The Hall–Kier alpha value is -4.41. The number of likely N-dealkylation sites (N-methyl/N-ethyl adjacent to an activating group) is 1. The van der Waals surface area contributed by atoms with Crippen LogP contribution in [0.15, 0.2) is 66.5 Å². The summed E-state index contributed by atoms with van der Waals surface area (Å²) in [7, 11) is 0. The molecule has 9 nitrogen and oxygen atoms in total. The smallest absolute Gasteiger partial charge is 0.278 e. The van der Waals surface area contributed by atoms with Crippen LogP contribution in [0.1, 0.15) is 39.8 Å². The zero-order chi connectivity index (χ0) is 26.1. The lowest BCUT2D eigenvalue weighted by molar-refractivity contribution is 0.0635. The van der Waals surface area contributed by atoms with Gasteiger partial charge in [0.05, 0.1) is 18.6 Å². The lowest BCUT2D eigenvalue weighted by Gasteiger charge is -2.44. The fourth-order valence-corrected chi connectivity index (χ4v) is 4.46. The van der Waals surface area contributed by atoms with Gasteiger partial charge in [-0.15, -0.1) is 0 Å². The second-order valence-electron chi connectivity index (χ2n) is 8.24. The first-order chi connectivity index (χ1) is 17.2. The van der Waals surface area contributed by atoms with Crippen molar-refractivity contribution in [3.05, 3.63) is 100 Å². The lowest BCUT2D eigenvalue weighted by Crippen LogP contribution is -2.61. The molecule has 2 amide bonds. The van der Waals surface area contributed by atoms with Crippen molar-refractivity contribution in [2.24, 2.45) is 0 Å². The molecule has 2 atom stereocenters. The fourth-order valence-electron chi connectivity index (χ4n) is 4.46. The number of benzene rings is 1. The number of fused-ring (bicyclic) bond motifs is 3. The number of nitrogens with one attached hydrogen (secondary N) is 1. The molecule has 188 valence electrons. The van der Waals surface area contributed by atoms with E-state index in [1.165, 1.54) is 34.4 Å². The SMILES string of the molecule is C=CO/C=C/C1CC(=C)[C@H]2N(CC)C(=O)c3c(O)c(=O)c(C(=O)NCc4ccc(F)cc4F)cn3N12. The van der Waals surface area contributed by atoms with Crippen molar-refractivity contribution >= 4 is 11.8 Å². The monoisotopic (exact) mass is 498 g/mol. The third kappa shape index (κ3) is 4.12. The summed E-state index contributed by atoms with van der Waals surface area (Å²) < 4.78 is 33.5. The van der Waals surface area contributed by atoms with E-state index in [2.05, 4.69) is 18.5 Å². The summed E-state index contributed by atoms with van der Waals surface area (Å²) in [6.45, 7) is 9.27. The summed E-state index contributed by atoms with van der Waals surface area (Å²) in [6, 6.07) is 2.49. The van der Waals surface area contributed by atoms with Gasteiger partial charge in [-0.2, -0.15) is 0 Å². The largest absolute Gasteiger partial charge is 0.502 e. The number of hydrogen-bond donors (Lipinski definition) is 2. The molecule has 1 fully saturated rings. The highest BCUT2D eigenvalue weighted by molar-refractivity contribution is 5.99. The molecule has 0 spiro atoms. The minimum atomic E-state index is -1.05. The number of carbonyl (C=O) groups excluding carboxylic acids is 2. The Balaban J connectivity index is 1.76. The molecule has 1 aromatic carbocycles. The minimum Gasteiger partial charge on any atom is -0.502 e. The molecule has 36 heavy (non-hydrogen) atoms. The van der Waals surface area contributed by atoms with Gasteiger partial charge in [0.1, 0.15) is 23.4 Å². The third-order valence-corrected chi connectivity index (χ3v) is 6.11. The Morgan fingerprint density at radius 1 is 1.33 bits per heavy atom. The van der Waals surface area contributed by atoms with Crippen LogP contribution in [-0.4, -0.2) is 45.2 Å². The van der Waals surface area contributed by atoms with E-state index in [0.717, 1.165) is 6.07 Å². The second kappa shape index (κ2) is 9.68. The number of amides is 2. The van der Waals surface area contributed by atoms with Gasteiger partial charge in [0.2, 0.25) is 5.43 Å². The average Bonchev–Trinajstić information content (AvgIpc) is 3.16. The van der Waals surface area contributed by atoms with Crippen molar-refractivity contribution in [3.8, 4) is 5.75 Å². The van der Waals surface area contributed by atoms with Gasteiger partial charge in [0.15, 0.2) is 11.4 Å². The summed E-state index contributed by atoms with van der Waals surface area (Å²) in [5.41, 5.74) is -1.10. The van der Waals surface area contributed by atoms with Crippen molar-refractivity contribution in [2.45, 2.75) is 32.1 Å². The van der Waals surface area contributed by atoms with Crippen molar-refractivity contribution in [1.29, 1.82) is 0 Å². The maximum atomic E-state index is 14.0. The van der Waals surface area contributed by atoms with Crippen LogP contribution in [0, 0.1) is 11.6 Å². The van der Waals surface area contributed by atoms with E-state index in [4.69, 9.17) is 4.74 Å². The van der Waals surface area contributed by atoms with E-state index in [0.29, 0.717) is 18.1 Å². The summed E-state index contributed by atoms with van der Waals surface area (Å²) >= 11 is 0. The molecule has 2 aromatic rings. The van der Waals surface area contributed by atoms with Crippen molar-refractivity contribution in [3.63, 3.8) is 0 Å². The molecule has 0 saturated carbocycles. The van der Waals surface area contributed by atoms with Crippen molar-refractivity contribution < 1.29 is 28.2 Å². The van der Waals surface area contributed by atoms with Gasteiger partial charge in [-0.1, -0.05) is 19.2 Å². The Kier molecular flexibility index (Phi) is 6.65. The molecule has 0 bridgehead atoms. The number of nitrogens with zero attached hydrogens (tertiary/aromatic N) is 3. The number of rotatable bonds is 7. The highest BCUT2D eigenvalue weighted by atomic mass is 19.1. The third-order valence-electron chi connectivity index (χ3n) is 6.11. The molecule has 3 heterocycles. The molecule has 1 unspecified atom stereocenters. The molecule has 2 aliphatic heterocycles. The van der Waals surface area contributed by atoms with E-state index in [1.54, 1.807) is 18.0 Å². The van der Waals surface area contributed by atoms with E-state index in [9.17, 15) is 28.3 Å². The molecule has 2 N–H and O–H groups in total. The Morgan fingerprint density at radius 3 is 2.75 bits per heavy atom. The first-order valence-corrected chi connectivity index (χ1v) is 11.1. The zero-order valence-corrected chi connectivity index (χ0v) is 19.4. The van der Waals surface area contributed by atoms with Crippen LogP contribution in [0.5, 0.6) is 5.75 Å². The van der Waals surface area contributed by atoms with Gasteiger partial charge >= 0.3 is 0 Å². The number of carbonyl (C=O) groups is 2. The van der Waals surface area contributed by atoms with Gasteiger partial charge in [-0.3, -0.25) is 24.1 Å². The second-order valence-corrected chi connectivity index (χ2v) is 8.24. The predicted molar refractivity (Wildman–Crippen MR) is 127 cm³/mol. The highest BCUT2D eigenvalue weighted by Gasteiger charge is 2.47. The van der Waals surface area contributed by atoms with Gasteiger partial charge in [-0.25, -0.2) is 8.78 Å². The summed E-state index contributed by atoms with van der Waals surface area (Å²) in [5.74, 6) is -4.02. The summed E-state index contributed by atoms with van der Waals surface area (Å²) in [4.78, 5) is 40.5. The molecule has 1 saturated heterocycles. The molecule has 2 aliphatic rings. The van der Waals surface area contributed by atoms with Crippen LogP contribution in [0.25, 0.3) is 0 Å². The normalized spacial score (nSPS) is 18.9. The maximum Gasteiger partial charge on any atom is 0.278 e. The van der Waals surface area contributed by atoms with E-state index in [-0.39, 0.29) is 24.3 Å². The topological polar surface area (TPSA) is 104 Å². The number of pyridine rings is 1. The minimum absolute atomic E-state index is 0.00382. The molecule has 0 aliphatic carbocycles. The average molecular weight is 498 g/mol. The van der Waals surface area contributed by atoms with Crippen LogP contribution >= 0.6 is 0 Å². The Labute approximate surface area is 205 Å². The molecule has 1 aromatic heterocycles. The summed E-state index contributed by atoms with van der Waals surface area (Å²) in [6.07, 6.45) is 5.35. The van der Waals surface area contributed by atoms with Crippen LogP contribution in [0.4, 0.5) is 8.78 Å². The number of halogens is 2. The summed E-state index contributed by atoms with van der Waals surface area (Å²) in [5, 5.41) is 14.8. The number of aromatic nitrogens is 1. The van der Waals surface area contributed by atoms with Crippen LogP contribution < -0.4 is 15.8 Å². The van der Waals surface area contributed by atoms with Crippen molar-refractivity contribution in [2.75, 3.05) is 11.6 Å². The number of ether oxygens (including phenoxy) is 1. The van der Waals surface area contributed by atoms with Gasteiger partial charge in [-0.05, 0) is 31.1 Å². The molecular weight excluding hydrogens is 474 g/mol. The van der Waals surface area contributed by atoms with Crippen LogP contribution in [0.3, 0.4) is 0 Å². The first kappa shape index (κ1) is 24.7. The molecule has 4 rings (SSSR count). The van der Waals surface area contributed by atoms with Crippen molar-refractivity contribution in [1.82, 2.24) is 14.9 Å². The standard InChI is InChI=1S/C25H24F2N4O5/c1-4-29-24-14(3)10-17(8-9-36-5-2)31(24)30-13-18(21(32)22(33)20(30)25(29)35)23(34)28-12-15-6-7-16(26)11-19(15)27/h5-9,11,13,17,24,33H,2-4,10,12H2,1H3,(H,28,34)/b9-8+/t17?,24-/m0/s1. The number of hydrogen-bond acceptors (Lipinski definition) is 6. The van der Waals surface area contributed by atoms with E-state index < -0.39 is 52.4 Å². The van der Waals surface area contributed by atoms with Gasteiger partial charge in [0, 0.05) is 30.9 Å². The Bertz CT molecular complexity index is 1350. The van der Waals surface area contributed by atoms with E-state index in [1.807, 2.05) is 0 Å². The quantitative estimate of drug-likeness (QED) is 0.449. The highest BCUT2D eigenvalue weighted by Crippen LogP contribution is 2.36. The molecule has 11 heteroatoms. The zero-order valence-electron chi connectivity index (χ0n) is 19.4. The maximum absolute atomic E-state index is 14.0. The number of aromatic hydroxyl groups is 1. The van der Waals surface area contributed by atoms with Crippen LogP contribution in [0.2, 0.25) is 0 Å². The van der Waals surface area contributed by atoms with Gasteiger partial charge in [0.25, 0.3) is 11.8 Å². The fraction of sp³-hybridized carbons (Fsp3) is 0.240. The molecular formula is C25H24F2N4O5. The predicted octanol–water partition coefficient (Wildman–Crippen LogP) is 2.50. The van der Waals surface area contributed by atoms with Crippen LogP contribution in [-0.2, 0) is 11.3 Å².